The number of aryl methyl sites for hydroxylation is 1. The normalized spacial score (nSPS) is 11.6. The number of alkyl halides is 3. The summed E-state index contributed by atoms with van der Waals surface area (Å²) >= 11 is 0. The van der Waals surface area contributed by atoms with Gasteiger partial charge in [-0.15, -0.1) is 5.10 Å². The molecular formula is C9H13F3N4O2. The summed E-state index contributed by atoms with van der Waals surface area (Å²) in [5.74, 6) is -0.683. The van der Waals surface area contributed by atoms with Gasteiger partial charge in [-0.25, -0.2) is 0 Å². The SMILES string of the molecule is O=C(CCn1ccnn1)N(CCO)CC(F)(F)F. The number of halogens is 3. The summed E-state index contributed by atoms with van der Waals surface area (Å²) in [6, 6.07) is 0. The maximum atomic E-state index is 12.2. The van der Waals surface area contributed by atoms with Gasteiger partial charge in [-0.3, -0.25) is 9.48 Å². The van der Waals surface area contributed by atoms with Gasteiger partial charge in [-0.1, -0.05) is 5.21 Å². The number of aliphatic hydroxyl groups is 1. The smallest absolute Gasteiger partial charge is 0.395 e. The first kappa shape index (κ1) is 14.4. The number of rotatable bonds is 6. The summed E-state index contributed by atoms with van der Waals surface area (Å²) in [5.41, 5.74) is 0. The highest BCUT2D eigenvalue weighted by atomic mass is 19.4. The third kappa shape index (κ3) is 5.13. The highest BCUT2D eigenvalue weighted by Crippen LogP contribution is 2.16. The zero-order valence-electron chi connectivity index (χ0n) is 9.47. The van der Waals surface area contributed by atoms with Crippen LogP contribution in [0.2, 0.25) is 0 Å². The minimum atomic E-state index is -4.47. The first-order valence-electron chi connectivity index (χ1n) is 5.22. The molecule has 0 aliphatic carbocycles. The molecule has 1 amide bonds. The lowest BCUT2D eigenvalue weighted by molar-refractivity contribution is -0.162. The Morgan fingerprint density at radius 2 is 2.17 bits per heavy atom. The predicted molar refractivity (Wildman–Crippen MR) is 54.4 cm³/mol. The Balaban J connectivity index is 2.48. The van der Waals surface area contributed by atoms with E-state index in [1.54, 1.807) is 0 Å². The van der Waals surface area contributed by atoms with Gasteiger partial charge in [0.05, 0.1) is 19.3 Å². The Labute approximate surface area is 101 Å². The molecule has 0 spiro atoms. The fourth-order valence-corrected chi connectivity index (χ4v) is 1.35. The third-order valence-electron chi connectivity index (χ3n) is 2.12. The van der Waals surface area contributed by atoms with E-state index in [-0.39, 0.29) is 19.5 Å². The van der Waals surface area contributed by atoms with E-state index in [0.717, 1.165) is 0 Å². The second-order valence-electron chi connectivity index (χ2n) is 3.57. The van der Waals surface area contributed by atoms with Gasteiger partial charge in [0, 0.05) is 19.2 Å². The molecule has 0 atom stereocenters. The van der Waals surface area contributed by atoms with Crippen molar-refractivity contribution in [1.29, 1.82) is 0 Å². The van der Waals surface area contributed by atoms with Crippen LogP contribution in [0.15, 0.2) is 12.4 Å². The number of carbonyl (C=O) groups excluding carboxylic acids is 1. The Morgan fingerprint density at radius 3 is 2.67 bits per heavy atom. The summed E-state index contributed by atoms with van der Waals surface area (Å²) in [7, 11) is 0. The standard InChI is InChI=1S/C9H13F3N4O2/c10-9(11,12)7-15(5-6-17)8(18)1-3-16-4-2-13-14-16/h2,4,17H,1,3,5-7H2. The van der Waals surface area contributed by atoms with Crippen molar-refractivity contribution >= 4 is 5.91 Å². The third-order valence-corrected chi connectivity index (χ3v) is 2.12. The van der Waals surface area contributed by atoms with E-state index >= 15 is 0 Å². The molecule has 102 valence electrons. The lowest BCUT2D eigenvalue weighted by Gasteiger charge is -2.23. The van der Waals surface area contributed by atoms with Gasteiger partial charge in [0.2, 0.25) is 5.91 Å². The van der Waals surface area contributed by atoms with Crippen LogP contribution in [0.4, 0.5) is 13.2 Å². The molecule has 9 heteroatoms. The van der Waals surface area contributed by atoms with E-state index in [9.17, 15) is 18.0 Å². The van der Waals surface area contributed by atoms with Crippen molar-refractivity contribution in [2.45, 2.75) is 19.1 Å². The van der Waals surface area contributed by atoms with Crippen LogP contribution in [-0.4, -0.2) is 56.8 Å². The molecule has 0 aliphatic heterocycles. The monoisotopic (exact) mass is 266 g/mol. The van der Waals surface area contributed by atoms with Crippen LogP contribution in [-0.2, 0) is 11.3 Å². The van der Waals surface area contributed by atoms with E-state index in [2.05, 4.69) is 10.3 Å². The lowest BCUT2D eigenvalue weighted by atomic mass is 10.3. The fourth-order valence-electron chi connectivity index (χ4n) is 1.35. The summed E-state index contributed by atoms with van der Waals surface area (Å²) < 4.78 is 37.9. The molecule has 0 aromatic carbocycles. The molecule has 0 saturated carbocycles. The summed E-state index contributed by atoms with van der Waals surface area (Å²) in [6.07, 6.45) is -1.68. The van der Waals surface area contributed by atoms with Crippen molar-refractivity contribution in [2.24, 2.45) is 0 Å². The Hall–Kier alpha value is -1.64. The minimum Gasteiger partial charge on any atom is -0.395 e. The van der Waals surface area contributed by atoms with Crippen molar-refractivity contribution in [3.63, 3.8) is 0 Å². The van der Waals surface area contributed by atoms with E-state index in [1.165, 1.54) is 17.1 Å². The van der Waals surface area contributed by atoms with Crippen LogP contribution in [0, 0.1) is 0 Å². The Kier molecular flexibility index (Phi) is 5.08. The molecule has 1 aromatic heterocycles. The number of hydrogen-bond donors (Lipinski definition) is 1. The molecule has 0 aliphatic rings. The van der Waals surface area contributed by atoms with Crippen LogP contribution < -0.4 is 0 Å². The highest BCUT2D eigenvalue weighted by molar-refractivity contribution is 5.76. The van der Waals surface area contributed by atoms with E-state index in [4.69, 9.17) is 5.11 Å². The topological polar surface area (TPSA) is 71.2 Å². The number of nitrogens with zero attached hydrogens (tertiary/aromatic N) is 4. The molecule has 1 rings (SSSR count). The van der Waals surface area contributed by atoms with Crippen LogP contribution in [0.3, 0.4) is 0 Å². The number of amides is 1. The van der Waals surface area contributed by atoms with Crippen LogP contribution in [0.1, 0.15) is 6.42 Å². The van der Waals surface area contributed by atoms with Gasteiger partial charge < -0.3 is 10.0 Å². The summed E-state index contributed by atoms with van der Waals surface area (Å²) in [6.45, 7) is -2.05. The van der Waals surface area contributed by atoms with Gasteiger partial charge in [0.15, 0.2) is 0 Å². The van der Waals surface area contributed by atoms with Gasteiger partial charge in [0.25, 0.3) is 0 Å². The molecule has 0 radical (unpaired) electrons. The number of hydrogen-bond acceptors (Lipinski definition) is 4. The molecule has 1 heterocycles. The second kappa shape index (κ2) is 6.34. The second-order valence-corrected chi connectivity index (χ2v) is 3.57. The molecule has 0 saturated heterocycles. The molecule has 1 N–H and O–H groups in total. The molecule has 0 bridgehead atoms. The minimum absolute atomic E-state index is 0.126. The molecule has 1 aromatic rings. The van der Waals surface area contributed by atoms with Crippen molar-refractivity contribution in [3.8, 4) is 0 Å². The maximum Gasteiger partial charge on any atom is 0.406 e. The molecule has 6 nitrogen and oxygen atoms in total. The fraction of sp³-hybridized carbons (Fsp3) is 0.667. The van der Waals surface area contributed by atoms with Crippen LogP contribution in [0.25, 0.3) is 0 Å². The first-order chi connectivity index (χ1) is 8.42. The quantitative estimate of drug-likeness (QED) is 0.790. The molecule has 0 fully saturated rings. The predicted octanol–water partition coefficient (Wildman–Crippen LogP) is 0.0514. The zero-order valence-corrected chi connectivity index (χ0v) is 9.47. The lowest BCUT2D eigenvalue weighted by Crippen LogP contribution is -2.41. The first-order valence-corrected chi connectivity index (χ1v) is 5.22. The average Bonchev–Trinajstić information content (AvgIpc) is 2.76. The Bertz CT molecular complexity index is 366. The van der Waals surface area contributed by atoms with Crippen molar-refractivity contribution in [2.75, 3.05) is 19.7 Å². The van der Waals surface area contributed by atoms with E-state index in [1.807, 2.05) is 0 Å². The molecule has 18 heavy (non-hydrogen) atoms. The van der Waals surface area contributed by atoms with Crippen molar-refractivity contribution in [1.82, 2.24) is 19.9 Å². The highest BCUT2D eigenvalue weighted by Gasteiger charge is 2.32. The van der Waals surface area contributed by atoms with Crippen LogP contribution >= 0.6 is 0 Å². The van der Waals surface area contributed by atoms with E-state index < -0.39 is 25.2 Å². The van der Waals surface area contributed by atoms with Crippen molar-refractivity contribution in [3.05, 3.63) is 12.4 Å². The summed E-state index contributed by atoms with van der Waals surface area (Å²) in [5, 5.41) is 15.7. The van der Waals surface area contributed by atoms with Gasteiger partial charge >= 0.3 is 6.18 Å². The van der Waals surface area contributed by atoms with Crippen LogP contribution in [0.5, 0.6) is 0 Å². The van der Waals surface area contributed by atoms with Gasteiger partial charge in [-0.2, -0.15) is 13.2 Å². The summed E-state index contributed by atoms with van der Waals surface area (Å²) in [4.78, 5) is 12.1. The van der Waals surface area contributed by atoms with Gasteiger partial charge in [-0.05, 0) is 0 Å². The molecular weight excluding hydrogens is 253 g/mol. The van der Waals surface area contributed by atoms with Gasteiger partial charge in [0.1, 0.15) is 6.54 Å². The van der Waals surface area contributed by atoms with Crippen molar-refractivity contribution < 1.29 is 23.1 Å². The number of aliphatic hydroxyl groups excluding tert-OH is 1. The number of aromatic nitrogens is 3. The van der Waals surface area contributed by atoms with E-state index in [0.29, 0.717) is 4.90 Å². The maximum absolute atomic E-state index is 12.2. The number of carbonyl (C=O) groups is 1. The molecule has 0 unspecified atom stereocenters. The zero-order chi connectivity index (χ0) is 13.6. The Morgan fingerprint density at radius 1 is 1.44 bits per heavy atom. The average molecular weight is 266 g/mol. The largest absolute Gasteiger partial charge is 0.406 e.